The summed E-state index contributed by atoms with van der Waals surface area (Å²) in [4.78, 5) is 13.1. The lowest BCUT2D eigenvalue weighted by Crippen LogP contribution is -2.18. The zero-order valence-electron chi connectivity index (χ0n) is 14.8. The van der Waals surface area contributed by atoms with Crippen LogP contribution in [0.25, 0.3) is 11.4 Å². The van der Waals surface area contributed by atoms with E-state index in [9.17, 15) is 4.79 Å². The fourth-order valence-electron chi connectivity index (χ4n) is 2.32. The summed E-state index contributed by atoms with van der Waals surface area (Å²) in [6.45, 7) is 4.32. The molecule has 3 rings (SSSR count). The van der Waals surface area contributed by atoms with Gasteiger partial charge < -0.3 is 9.47 Å². The maximum Gasteiger partial charge on any atom is 0.329 e. The molecule has 2 aromatic carbocycles. The van der Waals surface area contributed by atoms with Gasteiger partial charge >= 0.3 is 5.97 Å². The number of carbonyl (C=O) groups is 1. The van der Waals surface area contributed by atoms with Crippen LogP contribution < -0.4 is 4.74 Å². The number of rotatable bonds is 7. The molecule has 0 fully saturated rings. The molecule has 0 bridgehead atoms. The minimum atomic E-state index is -0.439. The van der Waals surface area contributed by atoms with Crippen molar-refractivity contribution >= 4 is 5.97 Å². The molecule has 0 unspecified atom stereocenters. The van der Waals surface area contributed by atoms with Crippen molar-refractivity contribution < 1.29 is 14.3 Å². The molecule has 0 saturated carbocycles. The standard InChI is InChI=1S/C19H20N4O3/c1-14-7-9-16(10-8-14)19-20-22-23(21-19)13-18(24)26-12-11-25-17-6-4-3-5-15(17)2/h3-10H,11-13H2,1-2H3. The number of hydrogen-bond acceptors (Lipinski definition) is 6. The summed E-state index contributed by atoms with van der Waals surface area (Å²) in [6, 6.07) is 15.5. The van der Waals surface area contributed by atoms with E-state index in [1.807, 2.05) is 62.4 Å². The number of aryl methyl sites for hydroxylation is 2. The topological polar surface area (TPSA) is 79.1 Å². The van der Waals surface area contributed by atoms with E-state index in [-0.39, 0.29) is 19.8 Å². The van der Waals surface area contributed by atoms with Gasteiger partial charge in [0, 0.05) is 5.56 Å². The van der Waals surface area contributed by atoms with Crippen LogP contribution in [0.4, 0.5) is 0 Å². The number of esters is 1. The van der Waals surface area contributed by atoms with E-state index in [1.165, 1.54) is 4.80 Å². The minimum absolute atomic E-state index is 0.0940. The molecular formula is C19H20N4O3. The van der Waals surface area contributed by atoms with Crippen LogP contribution in [0, 0.1) is 13.8 Å². The largest absolute Gasteiger partial charge is 0.490 e. The molecule has 0 aliphatic heterocycles. The van der Waals surface area contributed by atoms with Gasteiger partial charge in [-0.1, -0.05) is 48.0 Å². The average molecular weight is 352 g/mol. The second-order valence-corrected chi connectivity index (χ2v) is 5.84. The van der Waals surface area contributed by atoms with Crippen molar-refractivity contribution in [1.29, 1.82) is 0 Å². The van der Waals surface area contributed by atoms with E-state index in [4.69, 9.17) is 9.47 Å². The first kappa shape index (κ1) is 17.6. The molecule has 0 spiro atoms. The summed E-state index contributed by atoms with van der Waals surface area (Å²) < 4.78 is 10.7. The molecule has 0 saturated heterocycles. The molecule has 3 aromatic rings. The van der Waals surface area contributed by atoms with Crippen LogP contribution in [0.1, 0.15) is 11.1 Å². The summed E-state index contributed by atoms with van der Waals surface area (Å²) >= 11 is 0. The van der Waals surface area contributed by atoms with Crippen molar-refractivity contribution in [3.05, 3.63) is 59.7 Å². The quantitative estimate of drug-likeness (QED) is 0.480. The molecule has 1 heterocycles. The zero-order valence-corrected chi connectivity index (χ0v) is 14.8. The summed E-state index contributed by atoms with van der Waals surface area (Å²) in [6.07, 6.45) is 0. The van der Waals surface area contributed by atoms with E-state index in [0.29, 0.717) is 5.82 Å². The predicted molar refractivity (Wildman–Crippen MR) is 95.6 cm³/mol. The van der Waals surface area contributed by atoms with Gasteiger partial charge in [-0.3, -0.25) is 0 Å². The van der Waals surface area contributed by atoms with Gasteiger partial charge in [0.25, 0.3) is 0 Å². The Bertz CT molecular complexity index is 875. The Morgan fingerprint density at radius 1 is 1.04 bits per heavy atom. The molecule has 7 heteroatoms. The molecule has 0 atom stereocenters. The number of tetrazole rings is 1. The first-order valence-corrected chi connectivity index (χ1v) is 8.31. The van der Waals surface area contributed by atoms with E-state index >= 15 is 0 Å². The fraction of sp³-hybridized carbons (Fsp3) is 0.263. The van der Waals surface area contributed by atoms with E-state index < -0.39 is 5.97 Å². The maximum atomic E-state index is 11.9. The molecule has 1 aromatic heterocycles. The fourth-order valence-corrected chi connectivity index (χ4v) is 2.32. The van der Waals surface area contributed by atoms with Crippen LogP contribution in [0.3, 0.4) is 0 Å². The Kier molecular flexibility index (Phi) is 5.58. The van der Waals surface area contributed by atoms with Crippen LogP contribution in [-0.4, -0.2) is 39.4 Å². The van der Waals surface area contributed by atoms with Gasteiger partial charge in [-0.25, -0.2) is 4.79 Å². The summed E-state index contributed by atoms with van der Waals surface area (Å²) in [7, 11) is 0. The number of ether oxygens (including phenoxy) is 2. The third kappa shape index (κ3) is 4.66. The van der Waals surface area contributed by atoms with Crippen LogP contribution in [0.5, 0.6) is 5.75 Å². The van der Waals surface area contributed by atoms with E-state index in [2.05, 4.69) is 15.4 Å². The smallest absolute Gasteiger partial charge is 0.329 e. The van der Waals surface area contributed by atoms with Gasteiger partial charge in [-0.15, -0.1) is 10.2 Å². The molecule has 0 aliphatic rings. The molecule has 0 N–H and O–H groups in total. The van der Waals surface area contributed by atoms with Crippen LogP contribution in [0.15, 0.2) is 48.5 Å². The summed E-state index contributed by atoms with van der Waals surface area (Å²) in [5, 5.41) is 12.1. The molecule has 7 nitrogen and oxygen atoms in total. The first-order chi connectivity index (χ1) is 12.6. The molecule has 0 amide bonds. The van der Waals surface area contributed by atoms with Crippen LogP contribution >= 0.6 is 0 Å². The highest BCUT2D eigenvalue weighted by atomic mass is 16.6. The zero-order chi connectivity index (χ0) is 18.4. The number of para-hydroxylation sites is 1. The third-order valence-electron chi connectivity index (χ3n) is 3.73. The first-order valence-electron chi connectivity index (χ1n) is 8.31. The van der Waals surface area contributed by atoms with Crippen molar-refractivity contribution in [2.24, 2.45) is 0 Å². The third-order valence-corrected chi connectivity index (χ3v) is 3.73. The van der Waals surface area contributed by atoms with E-state index in [0.717, 1.165) is 22.4 Å². The lowest BCUT2D eigenvalue weighted by Gasteiger charge is -2.09. The van der Waals surface area contributed by atoms with Crippen molar-refractivity contribution in [1.82, 2.24) is 20.2 Å². The van der Waals surface area contributed by atoms with Crippen molar-refractivity contribution in [2.45, 2.75) is 20.4 Å². The van der Waals surface area contributed by atoms with Gasteiger partial charge in [-0.05, 0) is 30.7 Å². The highest BCUT2D eigenvalue weighted by Crippen LogP contribution is 2.16. The van der Waals surface area contributed by atoms with Crippen LogP contribution in [0.2, 0.25) is 0 Å². The van der Waals surface area contributed by atoms with E-state index in [1.54, 1.807) is 0 Å². The van der Waals surface area contributed by atoms with Gasteiger partial charge in [0.2, 0.25) is 5.82 Å². The highest BCUT2D eigenvalue weighted by Gasteiger charge is 2.10. The Hall–Kier alpha value is -3.22. The van der Waals surface area contributed by atoms with Gasteiger partial charge in [0.05, 0.1) is 0 Å². The SMILES string of the molecule is Cc1ccc(-c2nnn(CC(=O)OCCOc3ccccc3C)n2)cc1. The number of benzene rings is 2. The lowest BCUT2D eigenvalue weighted by atomic mass is 10.1. The highest BCUT2D eigenvalue weighted by molar-refractivity contribution is 5.68. The van der Waals surface area contributed by atoms with Crippen LogP contribution in [-0.2, 0) is 16.1 Å². The Labute approximate surface area is 151 Å². The van der Waals surface area contributed by atoms with Gasteiger partial charge in [-0.2, -0.15) is 4.80 Å². The number of hydrogen-bond donors (Lipinski definition) is 0. The minimum Gasteiger partial charge on any atom is -0.490 e. The van der Waals surface area contributed by atoms with Crippen molar-refractivity contribution in [3.63, 3.8) is 0 Å². The maximum absolute atomic E-state index is 11.9. The Morgan fingerprint density at radius 3 is 2.58 bits per heavy atom. The number of carbonyl (C=O) groups excluding carboxylic acids is 1. The van der Waals surface area contributed by atoms with Gasteiger partial charge in [0.1, 0.15) is 19.0 Å². The van der Waals surface area contributed by atoms with Gasteiger partial charge in [0.15, 0.2) is 6.54 Å². The molecule has 26 heavy (non-hydrogen) atoms. The monoisotopic (exact) mass is 352 g/mol. The lowest BCUT2D eigenvalue weighted by molar-refractivity contribution is -0.145. The second-order valence-electron chi connectivity index (χ2n) is 5.84. The van der Waals surface area contributed by atoms with Crippen molar-refractivity contribution in [3.8, 4) is 17.1 Å². The normalized spacial score (nSPS) is 10.5. The Balaban J connectivity index is 1.45. The molecule has 0 aliphatic carbocycles. The molecular weight excluding hydrogens is 332 g/mol. The predicted octanol–water partition coefficient (Wildman–Crippen LogP) is 2.58. The Morgan fingerprint density at radius 2 is 1.81 bits per heavy atom. The summed E-state index contributed by atoms with van der Waals surface area (Å²) in [5.41, 5.74) is 3.04. The molecule has 0 radical (unpaired) electrons. The number of aromatic nitrogens is 4. The second kappa shape index (κ2) is 8.24. The average Bonchev–Trinajstić information content (AvgIpc) is 3.09. The summed E-state index contributed by atoms with van der Waals surface area (Å²) in [5.74, 6) is 0.816. The number of nitrogens with zero attached hydrogens (tertiary/aromatic N) is 4. The molecule has 134 valence electrons. The van der Waals surface area contributed by atoms with Crippen molar-refractivity contribution in [2.75, 3.05) is 13.2 Å².